The van der Waals surface area contributed by atoms with Crippen molar-refractivity contribution in [1.82, 2.24) is 0 Å². The average molecular weight is 160 g/mol. The summed E-state index contributed by atoms with van der Waals surface area (Å²) in [4.78, 5) is 0. The number of benzene rings is 1. The molecule has 0 saturated carbocycles. The quantitative estimate of drug-likeness (QED) is 0.655. The largest absolute Gasteiger partial charge is 0.376 e. The molecule has 0 amide bonds. The fourth-order valence-corrected chi connectivity index (χ4v) is 1.03. The smallest absolute Gasteiger partial charge is 0.139 e. The minimum absolute atomic E-state index is 0.768. The fourth-order valence-electron chi connectivity index (χ4n) is 1.03. The maximum Gasteiger partial charge on any atom is 0.139 e. The van der Waals surface area contributed by atoms with Gasteiger partial charge in [-0.25, -0.2) is 0 Å². The molecule has 1 atom stereocenters. The lowest BCUT2D eigenvalue weighted by Crippen LogP contribution is -1.92. The predicted octanol–water partition coefficient (Wildman–Crippen LogP) is 1.92. The van der Waals surface area contributed by atoms with Crippen LogP contribution in [0, 0.1) is 12.3 Å². The van der Waals surface area contributed by atoms with Crippen LogP contribution in [0.15, 0.2) is 24.3 Å². The van der Waals surface area contributed by atoms with Crippen LogP contribution in [0.4, 0.5) is 0 Å². The highest BCUT2D eigenvalue weighted by Gasteiger charge is 2.01. The van der Waals surface area contributed by atoms with Gasteiger partial charge in [0.1, 0.15) is 6.10 Å². The van der Waals surface area contributed by atoms with Crippen LogP contribution in [0.1, 0.15) is 24.2 Å². The number of aliphatic hydroxyl groups is 1. The third-order valence-electron chi connectivity index (χ3n) is 1.86. The minimum Gasteiger partial charge on any atom is -0.376 e. The highest BCUT2D eigenvalue weighted by Crippen LogP contribution is 2.12. The van der Waals surface area contributed by atoms with Crippen molar-refractivity contribution in [1.29, 1.82) is 0 Å². The van der Waals surface area contributed by atoms with E-state index >= 15 is 0 Å². The van der Waals surface area contributed by atoms with E-state index in [1.165, 1.54) is 5.56 Å². The molecule has 1 nitrogen and oxygen atoms in total. The molecule has 0 fully saturated rings. The summed E-state index contributed by atoms with van der Waals surface area (Å²) in [6.45, 7) is 2.09. The molecular formula is C11H12O. The average Bonchev–Trinajstić information content (AvgIpc) is 2.17. The SMILES string of the molecule is C#CC(O)c1ccc(CC)cc1. The first-order chi connectivity index (χ1) is 5.77. The number of hydrogen-bond donors (Lipinski definition) is 1. The Labute approximate surface area is 73.0 Å². The van der Waals surface area contributed by atoms with E-state index in [0.29, 0.717) is 0 Å². The summed E-state index contributed by atoms with van der Waals surface area (Å²) in [5, 5.41) is 9.26. The second-order valence-corrected chi connectivity index (χ2v) is 2.66. The van der Waals surface area contributed by atoms with Crippen LogP contribution < -0.4 is 0 Å². The normalized spacial score (nSPS) is 12.1. The van der Waals surface area contributed by atoms with Crippen LogP contribution in [0.5, 0.6) is 0 Å². The lowest BCUT2D eigenvalue weighted by Gasteiger charge is -2.03. The molecule has 62 valence electrons. The molecule has 0 aliphatic carbocycles. The molecule has 0 bridgehead atoms. The molecule has 0 heterocycles. The third-order valence-corrected chi connectivity index (χ3v) is 1.86. The Morgan fingerprint density at radius 3 is 2.42 bits per heavy atom. The van der Waals surface area contributed by atoms with E-state index in [1.807, 2.05) is 24.3 Å². The summed E-state index contributed by atoms with van der Waals surface area (Å²) in [7, 11) is 0. The van der Waals surface area contributed by atoms with Crippen molar-refractivity contribution in [2.75, 3.05) is 0 Å². The molecule has 1 N–H and O–H groups in total. The molecule has 1 aromatic carbocycles. The molecule has 0 aromatic heterocycles. The Bertz CT molecular complexity index is 279. The Morgan fingerprint density at radius 2 is 2.00 bits per heavy atom. The lowest BCUT2D eigenvalue weighted by molar-refractivity contribution is 0.238. The minimum atomic E-state index is -0.768. The molecule has 1 heteroatoms. The van der Waals surface area contributed by atoms with Gasteiger partial charge in [-0.15, -0.1) is 6.42 Å². The molecule has 0 saturated heterocycles. The van der Waals surface area contributed by atoms with Crippen molar-refractivity contribution in [3.8, 4) is 12.3 Å². The summed E-state index contributed by atoms with van der Waals surface area (Å²) in [5.74, 6) is 2.27. The van der Waals surface area contributed by atoms with Crippen molar-refractivity contribution in [3.63, 3.8) is 0 Å². The van der Waals surface area contributed by atoms with Gasteiger partial charge in [0.25, 0.3) is 0 Å². The summed E-state index contributed by atoms with van der Waals surface area (Å²) in [6.07, 6.45) is 5.31. The molecule has 0 aliphatic rings. The monoisotopic (exact) mass is 160 g/mol. The van der Waals surface area contributed by atoms with E-state index in [4.69, 9.17) is 6.42 Å². The van der Waals surface area contributed by atoms with Crippen LogP contribution in [-0.4, -0.2) is 5.11 Å². The van der Waals surface area contributed by atoms with Gasteiger partial charge >= 0.3 is 0 Å². The van der Waals surface area contributed by atoms with Crippen LogP contribution >= 0.6 is 0 Å². The maximum absolute atomic E-state index is 9.26. The predicted molar refractivity (Wildman–Crippen MR) is 49.6 cm³/mol. The number of aryl methyl sites for hydroxylation is 1. The van der Waals surface area contributed by atoms with Crippen LogP contribution in [0.3, 0.4) is 0 Å². The first kappa shape index (κ1) is 8.83. The van der Waals surface area contributed by atoms with Gasteiger partial charge in [0, 0.05) is 0 Å². The van der Waals surface area contributed by atoms with Crippen molar-refractivity contribution >= 4 is 0 Å². The highest BCUT2D eigenvalue weighted by atomic mass is 16.3. The Hall–Kier alpha value is -1.26. The van der Waals surface area contributed by atoms with Gasteiger partial charge in [-0.2, -0.15) is 0 Å². The molecule has 12 heavy (non-hydrogen) atoms. The molecule has 1 rings (SSSR count). The van der Waals surface area contributed by atoms with Crippen LogP contribution in [0.25, 0.3) is 0 Å². The molecule has 0 aliphatic heterocycles. The summed E-state index contributed by atoms with van der Waals surface area (Å²) < 4.78 is 0. The van der Waals surface area contributed by atoms with Crippen molar-refractivity contribution in [2.45, 2.75) is 19.4 Å². The second-order valence-electron chi connectivity index (χ2n) is 2.66. The van der Waals surface area contributed by atoms with E-state index in [9.17, 15) is 5.11 Å². The van der Waals surface area contributed by atoms with Gasteiger partial charge < -0.3 is 5.11 Å². The van der Waals surface area contributed by atoms with Gasteiger partial charge in [0.2, 0.25) is 0 Å². The summed E-state index contributed by atoms with van der Waals surface area (Å²) >= 11 is 0. The molecule has 0 radical (unpaired) electrons. The Kier molecular flexibility index (Phi) is 2.90. The van der Waals surface area contributed by atoms with Crippen molar-refractivity contribution < 1.29 is 5.11 Å². The Balaban J connectivity index is 2.86. The van der Waals surface area contributed by atoms with Gasteiger partial charge in [-0.05, 0) is 17.5 Å². The van der Waals surface area contributed by atoms with E-state index in [-0.39, 0.29) is 0 Å². The zero-order valence-electron chi connectivity index (χ0n) is 7.12. The molecule has 1 aromatic rings. The van der Waals surface area contributed by atoms with Gasteiger partial charge in [-0.1, -0.05) is 37.1 Å². The van der Waals surface area contributed by atoms with E-state index in [0.717, 1.165) is 12.0 Å². The van der Waals surface area contributed by atoms with Crippen LogP contribution in [0.2, 0.25) is 0 Å². The summed E-state index contributed by atoms with van der Waals surface area (Å²) in [6, 6.07) is 7.69. The number of hydrogen-bond acceptors (Lipinski definition) is 1. The number of terminal acetylenes is 1. The van der Waals surface area contributed by atoms with E-state index < -0.39 is 6.10 Å². The molecule has 0 spiro atoms. The van der Waals surface area contributed by atoms with Gasteiger partial charge in [-0.3, -0.25) is 0 Å². The van der Waals surface area contributed by atoms with Crippen LogP contribution in [-0.2, 0) is 6.42 Å². The fraction of sp³-hybridized carbons (Fsp3) is 0.273. The number of rotatable bonds is 2. The second kappa shape index (κ2) is 3.94. The van der Waals surface area contributed by atoms with E-state index in [2.05, 4.69) is 12.8 Å². The lowest BCUT2D eigenvalue weighted by atomic mass is 10.1. The standard InChI is InChI=1S/C11H12O/c1-3-9-5-7-10(8-6-9)11(12)4-2/h2,5-8,11-12H,3H2,1H3. The summed E-state index contributed by atoms with van der Waals surface area (Å²) in [5.41, 5.74) is 2.04. The molecular weight excluding hydrogens is 148 g/mol. The third kappa shape index (κ3) is 1.87. The zero-order chi connectivity index (χ0) is 8.97. The van der Waals surface area contributed by atoms with Gasteiger partial charge in [0.05, 0.1) is 0 Å². The molecule has 1 unspecified atom stereocenters. The van der Waals surface area contributed by atoms with Crippen molar-refractivity contribution in [3.05, 3.63) is 35.4 Å². The maximum atomic E-state index is 9.26. The van der Waals surface area contributed by atoms with Gasteiger partial charge in [0.15, 0.2) is 0 Å². The Morgan fingerprint density at radius 1 is 1.42 bits per heavy atom. The number of aliphatic hydroxyl groups excluding tert-OH is 1. The zero-order valence-corrected chi connectivity index (χ0v) is 7.12. The topological polar surface area (TPSA) is 20.2 Å². The first-order valence-corrected chi connectivity index (χ1v) is 4.01. The van der Waals surface area contributed by atoms with E-state index in [1.54, 1.807) is 0 Å². The highest BCUT2D eigenvalue weighted by molar-refractivity contribution is 5.27. The first-order valence-electron chi connectivity index (χ1n) is 4.01. The van der Waals surface area contributed by atoms with Crippen molar-refractivity contribution in [2.24, 2.45) is 0 Å².